The number of imidazole rings is 1. The largest absolute Gasteiger partial charge is 0.465 e. The molecule has 0 saturated carbocycles. The summed E-state index contributed by atoms with van der Waals surface area (Å²) in [7, 11) is 1.37. The van der Waals surface area contributed by atoms with Gasteiger partial charge >= 0.3 is 5.97 Å². The summed E-state index contributed by atoms with van der Waals surface area (Å²) in [6.07, 6.45) is 0. The third-order valence-corrected chi connectivity index (χ3v) is 2.75. The molecule has 0 aliphatic heterocycles. The van der Waals surface area contributed by atoms with E-state index in [1.807, 2.05) is 17.6 Å². The summed E-state index contributed by atoms with van der Waals surface area (Å²) in [5.41, 5.74) is 7.93. The molecule has 0 atom stereocenters. The Hall–Kier alpha value is -1.88. The van der Waals surface area contributed by atoms with Gasteiger partial charge in [0.1, 0.15) is 5.82 Å². The van der Waals surface area contributed by atoms with Gasteiger partial charge in [0, 0.05) is 6.54 Å². The number of carbonyl (C=O) groups is 1. The highest BCUT2D eigenvalue weighted by atomic mass is 16.5. The highest BCUT2D eigenvalue weighted by Gasteiger charge is 2.11. The minimum absolute atomic E-state index is 0.343. The lowest BCUT2D eigenvalue weighted by Crippen LogP contribution is -2.07. The minimum Gasteiger partial charge on any atom is -0.465 e. The molecule has 1 heterocycles. The molecule has 1 aromatic heterocycles. The molecule has 0 radical (unpaired) electrons. The maximum Gasteiger partial charge on any atom is 0.337 e. The number of hydrogen-bond acceptors (Lipinski definition) is 4. The van der Waals surface area contributed by atoms with Crippen LogP contribution in [0.1, 0.15) is 23.1 Å². The van der Waals surface area contributed by atoms with Crippen molar-refractivity contribution in [1.82, 2.24) is 9.55 Å². The van der Waals surface area contributed by atoms with Crippen LogP contribution in [0.3, 0.4) is 0 Å². The summed E-state index contributed by atoms with van der Waals surface area (Å²) >= 11 is 0. The van der Waals surface area contributed by atoms with Crippen molar-refractivity contribution in [3.05, 3.63) is 29.6 Å². The molecule has 2 aromatic rings. The first-order chi connectivity index (χ1) is 8.21. The van der Waals surface area contributed by atoms with E-state index >= 15 is 0 Å². The SMILES string of the molecule is CCn1c(CN)nc2ccc(C(=O)OC)cc21. The first-order valence-corrected chi connectivity index (χ1v) is 5.48. The number of aryl methyl sites for hydroxylation is 1. The normalized spacial score (nSPS) is 10.8. The second kappa shape index (κ2) is 4.55. The standard InChI is InChI=1S/C12H15N3O2/c1-3-15-10-6-8(12(16)17-2)4-5-9(10)14-11(15)7-13/h4-6H,3,7,13H2,1-2H3. The Labute approximate surface area is 99.2 Å². The van der Waals surface area contributed by atoms with E-state index in [2.05, 4.69) is 4.98 Å². The number of ether oxygens (including phenoxy) is 1. The monoisotopic (exact) mass is 233 g/mol. The molecule has 5 nitrogen and oxygen atoms in total. The number of carbonyl (C=O) groups excluding carboxylic acids is 1. The van der Waals surface area contributed by atoms with Crippen molar-refractivity contribution in [2.45, 2.75) is 20.0 Å². The number of nitrogens with zero attached hydrogens (tertiary/aromatic N) is 2. The molecule has 0 fully saturated rings. The van der Waals surface area contributed by atoms with Crippen molar-refractivity contribution >= 4 is 17.0 Å². The Morgan fingerprint density at radius 1 is 1.53 bits per heavy atom. The van der Waals surface area contributed by atoms with Crippen molar-refractivity contribution in [1.29, 1.82) is 0 Å². The fourth-order valence-electron chi connectivity index (χ4n) is 1.93. The molecule has 0 unspecified atom stereocenters. The van der Waals surface area contributed by atoms with E-state index in [1.165, 1.54) is 7.11 Å². The van der Waals surface area contributed by atoms with Gasteiger partial charge in [0.15, 0.2) is 0 Å². The van der Waals surface area contributed by atoms with Crippen LogP contribution in [0, 0.1) is 0 Å². The average Bonchev–Trinajstić information content (AvgIpc) is 2.74. The Morgan fingerprint density at radius 2 is 2.29 bits per heavy atom. The smallest absolute Gasteiger partial charge is 0.337 e. The molecule has 0 saturated heterocycles. The molecule has 0 aliphatic rings. The minimum atomic E-state index is -0.343. The number of methoxy groups -OCH3 is 1. The molecular weight excluding hydrogens is 218 g/mol. The van der Waals surface area contributed by atoms with Crippen molar-refractivity contribution in [2.75, 3.05) is 7.11 Å². The topological polar surface area (TPSA) is 70.1 Å². The molecule has 0 aliphatic carbocycles. The van der Waals surface area contributed by atoms with Gasteiger partial charge in [0.05, 0.1) is 30.3 Å². The number of benzene rings is 1. The Bertz CT molecular complexity index is 560. The number of rotatable bonds is 3. The third kappa shape index (κ3) is 1.89. The molecule has 17 heavy (non-hydrogen) atoms. The van der Waals surface area contributed by atoms with E-state index in [0.717, 1.165) is 23.4 Å². The quantitative estimate of drug-likeness (QED) is 0.811. The Morgan fingerprint density at radius 3 is 2.88 bits per heavy atom. The fraction of sp³-hybridized carbons (Fsp3) is 0.333. The highest BCUT2D eigenvalue weighted by Crippen LogP contribution is 2.18. The van der Waals surface area contributed by atoms with E-state index in [0.29, 0.717) is 12.1 Å². The summed E-state index contributed by atoms with van der Waals surface area (Å²) in [5, 5.41) is 0. The Balaban J connectivity index is 2.62. The van der Waals surface area contributed by atoms with Gasteiger partial charge in [-0.2, -0.15) is 0 Å². The van der Waals surface area contributed by atoms with Gasteiger partial charge in [-0.25, -0.2) is 9.78 Å². The van der Waals surface area contributed by atoms with Gasteiger partial charge in [0.25, 0.3) is 0 Å². The van der Waals surface area contributed by atoms with Crippen LogP contribution in [0.25, 0.3) is 11.0 Å². The maximum absolute atomic E-state index is 11.5. The highest BCUT2D eigenvalue weighted by molar-refractivity contribution is 5.93. The number of fused-ring (bicyclic) bond motifs is 1. The van der Waals surface area contributed by atoms with E-state index in [1.54, 1.807) is 12.1 Å². The van der Waals surface area contributed by atoms with Crippen LogP contribution in [0.2, 0.25) is 0 Å². The number of aromatic nitrogens is 2. The molecule has 90 valence electrons. The predicted octanol–water partition coefficient (Wildman–Crippen LogP) is 1.30. The van der Waals surface area contributed by atoms with Crippen LogP contribution < -0.4 is 5.73 Å². The van der Waals surface area contributed by atoms with Crippen LogP contribution in [0.15, 0.2) is 18.2 Å². The average molecular weight is 233 g/mol. The molecule has 2 N–H and O–H groups in total. The number of esters is 1. The van der Waals surface area contributed by atoms with Gasteiger partial charge in [-0.3, -0.25) is 0 Å². The molecular formula is C12H15N3O2. The fourth-order valence-corrected chi connectivity index (χ4v) is 1.93. The summed E-state index contributed by atoms with van der Waals surface area (Å²) < 4.78 is 6.70. The second-order valence-electron chi connectivity index (χ2n) is 3.67. The van der Waals surface area contributed by atoms with Crippen LogP contribution in [0.4, 0.5) is 0 Å². The first kappa shape index (κ1) is 11.6. The summed E-state index contributed by atoms with van der Waals surface area (Å²) in [6.45, 7) is 3.18. The number of hydrogen-bond donors (Lipinski definition) is 1. The van der Waals surface area contributed by atoms with Crippen LogP contribution in [0.5, 0.6) is 0 Å². The van der Waals surface area contributed by atoms with E-state index in [9.17, 15) is 4.79 Å². The van der Waals surface area contributed by atoms with Crippen LogP contribution in [-0.4, -0.2) is 22.6 Å². The zero-order valence-electron chi connectivity index (χ0n) is 9.93. The van der Waals surface area contributed by atoms with Crippen molar-refractivity contribution in [3.63, 3.8) is 0 Å². The van der Waals surface area contributed by atoms with Gasteiger partial charge in [-0.1, -0.05) is 0 Å². The van der Waals surface area contributed by atoms with Crippen LogP contribution in [-0.2, 0) is 17.8 Å². The molecule has 0 bridgehead atoms. The van der Waals surface area contributed by atoms with Gasteiger partial charge in [-0.05, 0) is 25.1 Å². The van der Waals surface area contributed by atoms with Crippen molar-refractivity contribution in [3.8, 4) is 0 Å². The molecule has 0 amide bonds. The van der Waals surface area contributed by atoms with E-state index in [4.69, 9.17) is 10.5 Å². The van der Waals surface area contributed by atoms with Gasteiger partial charge in [-0.15, -0.1) is 0 Å². The zero-order chi connectivity index (χ0) is 12.4. The molecule has 0 spiro atoms. The molecule has 1 aromatic carbocycles. The lowest BCUT2D eigenvalue weighted by atomic mass is 10.2. The van der Waals surface area contributed by atoms with Gasteiger partial charge in [0.2, 0.25) is 0 Å². The van der Waals surface area contributed by atoms with Gasteiger partial charge < -0.3 is 15.0 Å². The lowest BCUT2D eigenvalue weighted by molar-refractivity contribution is 0.0601. The van der Waals surface area contributed by atoms with E-state index in [-0.39, 0.29) is 5.97 Å². The third-order valence-electron chi connectivity index (χ3n) is 2.75. The van der Waals surface area contributed by atoms with E-state index < -0.39 is 0 Å². The van der Waals surface area contributed by atoms with Crippen LogP contribution >= 0.6 is 0 Å². The summed E-state index contributed by atoms with van der Waals surface area (Å²) in [4.78, 5) is 15.9. The summed E-state index contributed by atoms with van der Waals surface area (Å²) in [5.74, 6) is 0.481. The predicted molar refractivity (Wildman–Crippen MR) is 64.6 cm³/mol. The molecule has 2 rings (SSSR count). The first-order valence-electron chi connectivity index (χ1n) is 5.48. The van der Waals surface area contributed by atoms with Crippen molar-refractivity contribution < 1.29 is 9.53 Å². The maximum atomic E-state index is 11.5. The van der Waals surface area contributed by atoms with Crippen molar-refractivity contribution in [2.24, 2.45) is 5.73 Å². The second-order valence-corrected chi connectivity index (χ2v) is 3.67. The zero-order valence-corrected chi connectivity index (χ0v) is 9.93. The molecule has 5 heteroatoms. The Kier molecular flexibility index (Phi) is 3.10. The number of nitrogens with two attached hydrogens (primary N) is 1. The summed E-state index contributed by atoms with van der Waals surface area (Å²) in [6, 6.07) is 5.31. The lowest BCUT2D eigenvalue weighted by Gasteiger charge is -2.04.